The number of carbonyl (C=O) groups excluding carboxylic acids is 2. The van der Waals surface area contributed by atoms with E-state index in [0.717, 1.165) is 6.21 Å². The highest BCUT2D eigenvalue weighted by molar-refractivity contribution is 6.34. The lowest BCUT2D eigenvalue weighted by Crippen LogP contribution is -2.32. The van der Waals surface area contributed by atoms with Crippen LogP contribution in [0.4, 0.5) is 0 Å². The summed E-state index contributed by atoms with van der Waals surface area (Å²) in [5.74, 6) is -2.43. The Hall–Kier alpha value is -2.48. The van der Waals surface area contributed by atoms with Gasteiger partial charge in [-0.3, -0.25) is 14.6 Å². The third kappa shape index (κ3) is 3.01. The van der Waals surface area contributed by atoms with Crippen LogP contribution < -0.4 is 11.2 Å². The van der Waals surface area contributed by atoms with Crippen molar-refractivity contribution in [2.24, 2.45) is 10.8 Å². The molecular formula is C10H12N4O4. The van der Waals surface area contributed by atoms with E-state index >= 15 is 0 Å². The normalized spacial score (nSPS) is 10.6. The van der Waals surface area contributed by atoms with E-state index in [1.54, 1.807) is 6.92 Å². The molecule has 0 bridgehead atoms. The zero-order valence-corrected chi connectivity index (χ0v) is 9.54. The summed E-state index contributed by atoms with van der Waals surface area (Å²) in [6.45, 7) is 1.21. The van der Waals surface area contributed by atoms with Crippen LogP contribution in [0.2, 0.25) is 0 Å². The molecule has 96 valence electrons. The van der Waals surface area contributed by atoms with Crippen molar-refractivity contribution in [2.75, 3.05) is 0 Å². The van der Waals surface area contributed by atoms with Gasteiger partial charge in [0, 0.05) is 17.3 Å². The highest BCUT2D eigenvalue weighted by Gasteiger charge is 2.10. The zero-order chi connectivity index (χ0) is 13.7. The van der Waals surface area contributed by atoms with Crippen molar-refractivity contribution >= 4 is 18.0 Å². The number of primary amides is 1. The van der Waals surface area contributed by atoms with Gasteiger partial charge < -0.3 is 15.9 Å². The second-order valence-corrected chi connectivity index (χ2v) is 3.35. The summed E-state index contributed by atoms with van der Waals surface area (Å²) < 4.78 is 0. The largest absolute Gasteiger partial charge is 0.505 e. The Morgan fingerprint density at radius 3 is 2.83 bits per heavy atom. The van der Waals surface area contributed by atoms with Crippen LogP contribution in [0.25, 0.3) is 0 Å². The third-order valence-electron chi connectivity index (χ3n) is 2.11. The SMILES string of the molecule is Cc1ncc(CO)c(/C=N/NC(=O)C(N)=O)c1O. The quantitative estimate of drug-likeness (QED) is 0.295. The number of nitrogens with one attached hydrogen (secondary N) is 1. The summed E-state index contributed by atoms with van der Waals surface area (Å²) in [6, 6.07) is 0. The predicted octanol–water partition coefficient (Wildman–Crippen LogP) is -1.48. The number of amides is 2. The minimum absolute atomic E-state index is 0.168. The number of hydrogen-bond donors (Lipinski definition) is 4. The van der Waals surface area contributed by atoms with E-state index in [4.69, 9.17) is 10.8 Å². The molecule has 0 saturated heterocycles. The smallest absolute Gasteiger partial charge is 0.329 e. The summed E-state index contributed by atoms with van der Waals surface area (Å²) in [4.78, 5) is 25.1. The summed E-state index contributed by atoms with van der Waals surface area (Å²) in [7, 11) is 0. The fraction of sp³-hybridized carbons (Fsp3) is 0.200. The third-order valence-corrected chi connectivity index (χ3v) is 2.11. The van der Waals surface area contributed by atoms with Gasteiger partial charge in [0.05, 0.1) is 18.5 Å². The molecule has 5 N–H and O–H groups in total. The van der Waals surface area contributed by atoms with Crippen molar-refractivity contribution in [1.29, 1.82) is 0 Å². The Bertz CT molecular complexity index is 513. The summed E-state index contributed by atoms with van der Waals surface area (Å²) in [5, 5.41) is 22.2. The van der Waals surface area contributed by atoms with Gasteiger partial charge in [0.2, 0.25) is 0 Å². The zero-order valence-electron chi connectivity index (χ0n) is 9.54. The molecule has 8 heteroatoms. The second-order valence-electron chi connectivity index (χ2n) is 3.35. The number of aromatic nitrogens is 1. The van der Waals surface area contributed by atoms with E-state index < -0.39 is 11.8 Å². The number of nitrogens with zero attached hydrogens (tertiary/aromatic N) is 2. The molecule has 18 heavy (non-hydrogen) atoms. The van der Waals surface area contributed by atoms with Crippen LogP contribution >= 0.6 is 0 Å². The molecular weight excluding hydrogens is 240 g/mol. The molecule has 1 heterocycles. The Morgan fingerprint density at radius 1 is 1.61 bits per heavy atom. The first-order valence-corrected chi connectivity index (χ1v) is 4.88. The number of nitrogens with two attached hydrogens (primary N) is 1. The van der Waals surface area contributed by atoms with Crippen LogP contribution in [0, 0.1) is 6.92 Å². The van der Waals surface area contributed by atoms with Crippen molar-refractivity contribution < 1.29 is 19.8 Å². The molecule has 0 aliphatic rings. The number of rotatable bonds is 3. The average molecular weight is 252 g/mol. The number of hydrazone groups is 1. The van der Waals surface area contributed by atoms with Crippen LogP contribution in [0.3, 0.4) is 0 Å². The molecule has 1 aromatic heterocycles. The van der Waals surface area contributed by atoms with Crippen LogP contribution in [0.1, 0.15) is 16.8 Å². The number of pyridine rings is 1. The Kier molecular flexibility index (Phi) is 4.33. The maximum Gasteiger partial charge on any atom is 0.329 e. The Labute approximate surface area is 102 Å². The highest BCUT2D eigenvalue weighted by atomic mass is 16.3. The molecule has 0 atom stereocenters. The number of aliphatic hydroxyl groups excluding tert-OH is 1. The van der Waals surface area contributed by atoms with Crippen LogP contribution in [-0.2, 0) is 16.2 Å². The van der Waals surface area contributed by atoms with Gasteiger partial charge >= 0.3 is 11.8 Å². The van der Waals surface area contributed by atoms with Crippen LogP contribution in [-0.4, -0.2) is 33.2 Å². The molecule has 0 unspecified atom stereocenters. The lowest BCUT2D eigenvalue weighted by Gasteiger charge is -2.06. The van der Waals surface area contributed by atoms with Gasteiger partial charge in [-0.15, -0.1) is 0 Å². The van der Waals surface area contributed by atoms with Gasteiger partial charge in [0.15, 0.2) is 0 Å². The summed E-state index contributed by atoms with van der Waals surface area (Å²) in [5.41, 5.74) is 7.45. The lowest BCUT2D eigenvalue weighted by molar-refractivity contribution is -0.137. The van der Waals surface area contributed by atoms with E-state index in [-0.39, 0.29) is 17.9 Å². The lowest BCUT2D eigenvalue weighted by atomic mass is 10.1. The molecule has 0 fully saturated rings. The second kappa shape index (κ2) is 5.73. The fourth-order valence-corrected chi connectivity index (χ4v) is 1.13. The van der Waals surface area contributed by atoms with E-state index in [9.17, 15) is 14.7 Å². The van der Waals surface area contributed by atoms with Crippen molar-refractivity contribution in [1.82, 2.24) is 10.4 Å². The van der Waals surface area contributed by atoms with Gasteiger partial charge in [-0.25, -0.2) is 5.43 Å². The van der Waals surface area contributed by atoms with Crippen LogP contribution in [0.5, 0.6) is 5.75 Å². The highest BCUT2D eigenvalue weighted by Crippen LogP contribution is 2.21. The van der Waals surface area contributed by atoms with Gasteiger partial charge in [0.25, 0.3) is 0 Å². The van der Waals surface area contributed by atoms with Gasteiger partial charge in [-0.2, -0.15) is 5.10 Å². The standard InChI is InChI=1S/C10H12N4O4/c1-5-8(16)7(6(4-15)2-12-5)3-13-14-10(18)9(11)17/h2-3,15-16H,4H2,1H3,(H2,11,17)(H,14,18)/b13-3+. The van der Waals surface area contributed by atoms with Crippen LogP contribution in [0.15, 0.2) is 11.3 Å². The molecule has 1 rings (SSSR count). The number of carbonyl (C=O) groups is 2. The topological polar surface area (TPSA) is 138 Å². The summed E-state index contributed by atoms with van der Waals surface area (Å²) in [6.07, 6.45) is 2.46. The molecule has 0 saturated carbocycles. The maximum atomic E-state index is 10.8. The minimum Gasteiger partial charge on any atom is -0.505 e. The number of aliphatic hydroxyl groups is 1. The Morgan fingerprint density at radius 2 is 2.28 bits per heavy atom. The summed E-state index contributed by atoms with van der Waals surface area (Å²) >= 11 is 0. The van der Waals surface area contributed by atoms with E-state index in [0.29, 0.717) is 11.3 Å². The number of aromatic hydroxyl groups is 1. The van der Waals surface area contributed by atoms with Crippen molar-refractivity contribution in [3.63, 3.8) is 0 Å². The first-order chi connectivity index (χ1) is 8.47. The van der Waals surface area contributed by atoms with Crippen molar-refractivity contribution in [2.45, 2.75) is 13.5 Å². The van der Waals surface area contributed by atoms with E-state index in [2.05, 4.69) is 10.1 Å². The van der Waals surface area contributed by atoms with E-state index in [1.165, 1.54) is 6.20 Å². The molecule has 0 aromatic carbocycles. The van der Waals surface area contributed by atoms with E-state index in [1.807, 2.05) is 5.43 Å². The molecule has 8 nitrogen and oxygen atoms in total. The first kappa shape index (κ1) is 13.6. The predicted molar refractivity (Wildman–Crippen MR) is 61.5 cm³/mol. The molecule has 2 amide bonds. The molecule has 1 aromatic rings. The average Bonchev–Trinajstić information content (AvgIpc) is 2.34. The van der Waals surface area contributed by atoms with Gasteiger partial charge in [0.1, 0.15) is 5.75 Å². The Balaban J connectivity index is 2.96. The fourth-order valence-electron chi connectivity index (χ4n) is 1.13. The minimum atomic E-state index is -1.18. The van der Waals surface area contributed by atoms with Gasteiger partial charge in [-0.1, -0.05) is 0 Å². The van der Waals surface area contributed by atoms with Crippen molar-refractivity contribution in [3.05, 3.63) is 23.0 Å². The molecule has 0 radical (unpaired) electrons. The first-order valence-electron chi connectivity index (χ1n) is 4.88. The molecule has 0 aliphatic heterocycles. The molecule has 0 aliphatic carbocycles. The molecule has 0 spiro atoms. The van der Waals surface area contributed by atoms with Gasteiger partial charge in [-0.05, 0) is 6.92 Å². The number of hydrogen-bond acceptors (Lipinski definition) is 6. The maximum absolute atomic E-state index is 10.8. The number of aryl methyl sites for hydroxylation is 1. The monoisotopic (exact) mass is 252 g/mol. The van der Waals surface area contributed by atoms with Crippen molar-refractivity contribution in [3.8, 4) is 5.75 Å².